The molecule has 0 amide bonds. The lowest BCUT2D eigenvalue weighted by atomic mass is 10.2. The largest absolute Gasteiger partial charge is 0.481 e. The Labute approximate surface area is 90.1 Å². The van der Waals surface area contributed by atoms with Crippen molar-refractivity contribution in [3.8, 4) is 0 Å². The highest BCUT2D eigenvalue weighted by Gasteiger charge is 2.05. The van der Waals surface area contributed by atoms with E-state index >= 15 is 0 Å². The first-order chi connectivity index (χ1) is 6.93. The lowest BCUT2D eigenvalue weighted by Crippen LogP contribution is -2.37. The number of carboxylic acid groups (broad SMARTS) is 1. The lowest BCUT2D eigenvalue weighted by Gasteiger charge is -2.20. The molecule has 0 rings (SSSR count). The maximum absolute atomic E-state index is 10.3. The lowest BCUT2D eigenvalue weighted by molar-refractivity contribution is -0.137. The Bertz CT molecular complexity index is 257. The summed E-state index contributed by atoms with van der Waals surface area (Å²) in [6.45, 7) is 5.01. The molecule has 0 aromatic carbocycles. The van der Waals surface area contributed by atoms with Crippen LogP contribution in [0.25, 0.3) is 0 Å². The molecular weight excluding hydrogens is 194 g/mol. The molecule has 86 valence electrons. The molecule has 0 unspecified atom stereocenters. The van der Waals surface area contributed by atoms with Gasteiger partial charge in [-0.2, -0.15) is 0 Å². The molecule has 0 aliphatic carbocycles. The molecule has 0 spiro atoms. The summed E-state index contributed by atoms with van der Waals surface area (Å²) in [4.78, 5) is 12.0. The van der Waals surface area contributed by atoms with Crippen LogP contribution in [0.2, 0.25) is 0 Å². The number of nitrogens with two attached hydrogens (primary N) is 1. The molecule has 0 saturated heterocycles. The second kappa shape index (κ2) is 6.86. The number of aliphatic carboxylic acids is 1. The number of nitrogens with one attached hydrogen (secondary N) is 1. The molecule has 4 N–H and O–H groups in total. The number of rotatable bonds is 6. The summed E-state index contributed by atoms with van der Waals surface area (Å²) >= 11 is 0. The molecule has 0 aromatic heterocycles. The summed E-state index contributed by atoms with van der Waals surface area (Å²) in [5, 5.41) is 15.8. The topological polar surface area (TPSA) is 90.4 Å². The third kappa shape index (κ3) is 7.54. The fourth-order valence-corrected chi connectivity index (χ4v) is 1.02. The van der Waals surface area contributed by atoms with Gasteiger partial charge < -0.3 is 15.7 Å². The van der Waals surface area contributed by atoms with Gasteiger partial charge in [0.2, 0.25) is 0 Å². The number of hydrogen-bond acceptors (Lipinski definition) is 2. The monoisotopic (exact) mass is 213 g/mol. The highest BCUT2D eigenvalue weighted by atomic mass is 16.4. The Morgan fingerprint density at radius 1 is 1.53 bits per heavy atom. The van der Waals surface area contributed by atoms with Crippen molar-refractivity contribution >= 4 is 11.9 Å². The van der Waals surface area contributed by atoms with E-state index in [1.807, 2.05) is 19.9 Å². The molecule has 0 radical (unpaired) electrons. The first-order valence-electron chi connectivity index (χ1n) is 4.87. The summed E-state index contributed by atoms with van der Waals surface area (Å²) in [6.07, 6.45) is 2.58. The van der Waals surface area contributed by atoms with Crippen LogP contribution in [0.4, 0.5) is 0 Å². The molecule has 0 fully saturated rings. The molecule has 0 bridgehead atoms. The van der Waals surface area contributed by atoms with Gasteiger partial charge >= 0.3 is 5.97 Å². The Morgan fingerprint density at radius 3 is 2.53 bits per heavy atom. The van der Waals surface area contributed by atoms with Crippen LogP contribution in [-0.4, -0.2) is 35.0 Å². The quantitative estimate of drug-likeness (QED) is 0.349. The zero-order valence-electron chi connectivity index (χ0n) is 9.29. The molecule has 5 heteroatoms. The van der Waals surface area contributed by atoms with Crippen molar-refractivity contribution < 1.29 is 9.90 Å². The van der Waals surface area contributed by atoms with Gasteiger partial charge in [0, 0.05) is 19.5 Å². The van der Waals surface area contributed by atoms with E-state index in [9.17, 15) is 4.79 Å². The van der Waals surface area contributed by atoms with E-state index in [4.69, 9.17) is 16.2 Å². The van der Waals surface area contributed by atoms with Gasteiger partial charge in [0.05, 0.1) is 0 Å². The van der Waals surface area contributed by atoms with Gasteiger partial charge in [-0.1, -0.05) is 11.6 Å². The molecule has 0 aliphatic heterocycles. The molecule has 0 saturated carbocycles. The highest BCUT2D eigenvalue weighted by molar-refractivity contribution is 5.74. The maximum Gasteiger partial charge on any atom is 0.303 e. The third-order valence-electron chi connectivity index (χ3n) is 1.88. The summed E-state index contributed by atoms with van der Waals surface area (Å²) in [5.74, 6) is -0.835. The Hall–Kier alpha value is -1.52. The van der Waals surface area contributed by atoms with E-state index in [-0.39, 0.29) is 12.4 Å². The van der Waals surface area contributed by atoms with Gasteiger partial charge in [-0.25, -0.2) is 0 Å². The molecule has 15 heavy (non-hydrogen) atoms. The number of carbonyl (C=O) groups is 1. The standard InChI is InChI=1S/C10H19N3O2/c1-8(2)5-7-13(10(11)12)6-3-4-9(14)15/h5H,3-4,6-7H2,1-2H3,(H3,11,12)(H,14,15). The Kier molecular flexibility index (Phi) is 6.17. The molecule has 0 aromatic rings. The fourth-order valence-electron chi connectivity index (χ4n) is 1.02. The summed E-state index contributed by atoms with van der Waals surface area (Å²) in [5.41, 5.74) is 6.52. The van der Waals surface area contributed by atoms with Crippen molar-refractivity contribution in [2.24, 2.45) is 5.73 Å². The molecule has 0 heterocycles. The van der Waals surface area contributed by atoms with E-state index < -0.39 is 5.97 Å². The molecular formula is C10H19N3O2. The average molecular weight is 213 g/mol. The number of guanidine groups is 1. The van der Waals surface area contributed by atoms with Crippen molar-refractivity contribution in [2.45, 2.75) is 26.7 Å². The molecule has 0 atom stereocenters. The molecule has 5 nitrogen and oxygen atoms in total. The van der Waals surface area contributed by atoms with Gasteiger partial charge in [0.1, 0.15) is 0 Å². The predicted molar refractivity (Wildman–Crippen MR) is 59.8 cm³/mol. The number of allylic oxidation sites excluding steroid dienone is 1. The van der Waals surface area contributed by atoms with E-state index in [2.05, 4.69) is 0 Å². The van der Waals surface area contributed by atoms with E-state index in [1.165, 1.54) is 0 Å². The number of nitrogens with zero attached hydrogens (tertiary/aromatic N) is 1. The van der Waals surface area contributed by atoms with Crippen molar-refractivity contribution in [2.75, 3.05) is 13.1 Å². The molecule has 0 aliphatic rings. The summed E-state index contributed by atoms with van der Waals surface area (Å²) in [6, 6.07) is 0. The SMILES string of the molecule is CC(C)=CCN(CCCC(=O)O)C(=N)N. The smallest absolute Gasteiger partial charge is 0.303 e. The van der Waals surface area contributed by atoms with Gasteiger partial charge in [-0.15, -0.1) is 0 Å². The predicted octanol–water partition coefficient (Wildman–Crippen LogP) is 1.01. The second-order valence-electron chi connectivity index (χ2n) is 3.61. The van der Waals surface area contributed by atoms with Crippen LogP contribution in [0, 0.1) is 5.41 Å². The van der Waals surface area contributed by atoms with Crippen LogP contribution in [-0.2, 0) is 4.79 Å². The van der Waals surface area contributed by atoms with Gasteiger partial charge in [0.15, 0.2) is 5.96 Å². The van der Waals surface area contributed by atoms with Crippen molar-refractivity contribution in [1.82, 2.24) is 4.90 Å². The minimum Gasteiger partial charge on any atom is -0.481 e. The first kappa shape index (κ1) is 13.5. The summed E-state index contributed by atoms with van der Waals surface area (Å²) < 4.78 is 0. The van der Waals surface area contributed by atoms with Crippen LogP contribution < -0.4 is 5.73 Å². The zero-order valence-corrected chi connectivity index (χ0v) is 9.29. The second-order valence-corrected chi connectivity index (χ2v) is 3.61. The van der Waals surface area contributed by atoms with Crippen molar-refractivity contribution in [3.63, 3.8) is 0 Å². The Morgan fingerprint density at radius 2 is 2.13 bits per heavy atom. The zero-order chi connectivity index (χ0) is 11.8. The van der Waals surface area contributed by atoms with Gasteiger partial charge in [-0.3, -0.25) is 10.2 Å². The maximum atomic E-state index is 10.3. The van der Waals surface area contributed by atoms with E-state index in [0.717, 1.165) is 5.57 Å². The van der Waals surface area contributed by atoms with Gasteiger partial charge in [0.25, 0.3) is 0 Å². The van der Waals surface area contributed by atoms with Crippen LogP contribution in [0.5, 0.6) is 0 Å². The van der Waals surface area contributed by atoms with Gasteiger partial charge in [-0.05, 0) is 20.3 Å². The fraction of sp³-hybridized carbons (Fsp3) is 0.600. The highest BCUT2D eigenvalue weighted by Crippen LogP contribution is 1.97. The van der Waals surface area contributed by atoms with E-state index in [0.29, 0.717) is 19.5 Å². The normalized spacial score (nSPS) is 9.47. The van der Waals surface area contributed by atoms with Crippen LogP contribution >= 0.6 is 0 Å². The Balaban J connectivity index is 4.00. The number of carboxylic acids is 1. The van der Waals surface area contributed by atoms with Crippen molar-refractivity contribution in [1.29, 1.82) is 5.41 Å². The first-order valence-corrected chi connectivity index (χ1v) is 4.87. The van der Waals surface area contributed by atoms with Crippen LogP contribution in [0.15, 0.2) is 11.6 Å². The summed E-state index contributed by atoms with van der Waals surface area (Å²) in [7, 11) is 0. The average Bonchev–Trinajstić information content (AvgIpc) is 2.09. The van der Waals surface area contributed by atoms with E-state index in [1.54, 1.807) is 4.90 Å². The number of hydrogen-bond donors (Lipinski definition) is 3. The minimum atomic E-state index is -0.819. The third-order valence-corrected chi connectivity index (χ3v) is 1.88. The van der Waals surface area contributed by atoms with Crippen LogP contribution in [0.1, 0.15) is 26.7 Å². The van der Waals surface area contributed by atoms with Crippen molar-refractivity contribution in [3.05, 3.63) is 11.6 Å². The minimum absolute atomic E-state index is 0.0158. The van der Waals surface area contributed by atoms with Crippen LogP contribution in [0.3, 0.4) is 0 Å².